The average Bonchev–Trinajstić information content (AvgIpc) is 3.05. The number of fused-ring (bicyclic) bond motifs is 1. The van der Waals surface area contributed by atoms with Gasteiger partial charge in [0, 0.05) is 6.04 Å². The molecule has 8 nitrogen and oxygen atoms in total. The molecule has 0 saturated heterocycles. The zero-order valence-corrected chi connectivity index (χ0v) is 11.6. The second-order valence-corrected chi connectivity index (χ2v) is 5.29. The summed E-state index contributed by atoms with van der Waals surface area (Å²) in [6.07, 6.45) is 4.75. The molecule has 3 rings (SSSR count). The first kappa shape index (κ1) is 13.7. The van der Waals surface area contributed by atoms with Gasteiger partial charge in [0.25, 0.3) is 0 Å². The standard InChI is InChI=1S/C13H17N5O3/c1-7(13(19)20)21-9-3-2-8(4-9)18-6-17-10-11(14)15-5-16-12(10)18/h5-9H,2-4H2,1H3,(H,19,20)(H2,14,15,16)/t7?,8-,9+/m1/s1. The number of ether oxygens (including phenoxy) is 1. The molecule has 21 heavy (non-hydrogen) atoms. The maximum atomic E-state index is 10.8. The Morgan fingerprint density at radius 2 is 2.29 bits per heavy atom. The number of nitrogens with zero attached hydrogens (tertiary/aromatic N) is 4. The lowest BCUT2D eigenvalue weighted by molar-refractivity contribution is -0.152. The van der Waals surface area contributed by atoms with Crippen molar-refractivity contribution >= 4 is 23.0 Å². The largest absolute Gasteiger partial charge is 0.479 e. The van der Waals surface area contributed by atoms with Gasteiger partial charge < -0.3 is 20.1 Å². The second-order valence-electron chi connectivity index (χ2n) is 5.29. The summed E-state index contributed by atoms with van der Waals surface area (Å²) in [5, 5.41) is 8.89. The Labute approximate surface area is 121 Å². The van der Waals surface area contributed by atoms with Crippen LogP contribution in [-0.4, -0.2) is 42.8 Å². The molecule has 3 N–H and O–H groups in total. The molecule has 1 aliphatic rings. The Morgan fingerprint density at radius 3 is 3.05 bits per heavy atom. The summed E-state index contributed by atoms with van der Waals surface area (Å²) in [4.78, 5) is 23.3. The second kappa shape index (κ2) is 5.28. The van der Waals surface area contributed by atoms with Crippen molar-refractivity contribution in [2.24, 2.45) is 0 Å². The summed E-state index contributed by atoms with van der Waals surface area (Å²) in [6.45, 7) is 1.55. The van der Waals surface area contributed by atoms with Crippen LogP contribution in [0.2, 0.25) is 0 Å². The molecule has 0 aromatic carbocycles. The van der Waals surface area contributed by atoms with Gasteiger partial charge in [-0.2, -0.15) is 0 Å². The van der Waals surface area contributed by atoms with Crippen LogP contribution in [0.4, 0.5) is 5.82 Å². The third-order valence-corrected chi connectivity index (χ3v) is 3.88. The van der Waals surface area contributed by atoms with Crippen LogP contribution in [0.15, 0.2) is 12.7 Å². The summed E-state index contributed by atoms with van der Waals surface area (Å²) in [7, 11) is 0. The number of anilines is 1. The first-order valence-electron chi connectivity index (χ1n) is 6.87. The Hall–Kier alpha value is -2.22. The van der Waals surface area contributed by atoms with Crippen molar-refractivity contribution in [1.82, 2.24) is 19.5 Å². The van der Waals surface area contributed by atoms with Gasteiger partial charge in [-0.1, -0.05) is 0 Å². The van der Waals surface area contributed by atoms with E-state index < -0.39 is 12.1 Å². The molecule has 1 fully saturated rings. The summed E-state index contributed by atoms with van der Waals surface area (Å²) < 4.78 is 7.52. The van der Waals surface area contributed by atoms with Crippen LogP contribution in [0.25, 0.3) is 11.2 Å². The molecule has 0 spiro atoms. The Morgan fingerprint density at radius 1 is 1.48 bits per heavy atom. The number of hydrogen-bond acceptors (Lipinski definition) is 6. The number of nitrogens with two attached hydrogens (primary N) is 1. The molecule has 1 aliphatic carbocycles. The van der Waals surface area contributed by atoms with Crippen molar-refractivity contribution in [2.45, 2.75) is 44.4 Å². The van der Waals surface area contributed by atoms with Crippen LogP contribution in [-0.2, 0) is 9.53 Å². The molecule has 0 bridgehead atoms. The van der Waals surface area contributed by atoms with Gasteiger partial charge >= 0.3 is 5.97 Å². The van der Waals surface area contributed by atoms with E-state index in [1.54, 1.807) is 13.3 Å². The van der Waals surface area contributed by atoms with Crippen molar-refractivity contribution in [1.29, 1.82) is 0 Å². The summed E-state index contributed by atoms with van der Waals surface area (Å²) in [6, 6.07) is 0.190. The number of carboxylic acids is 1. The van der Waals surface area contributed by atoms with Crippen molar-refractivity contribution in [3.05, 3.63) is 12.7 Å². The molecule has 0 amide bonds. The van der Waals surface area contributed by atoms with Crippen LogP contribution in [0, 0.1) is 0 Å². The highest BCUT2D eigenvalue weighted by Gasteiger charge is 2.30. The van der Waals surface area contributed by atoms with E-state index >= 15 is 0 Å². The van der Waals surface area contributed by atoms with Crippen LogP contribution in [0.1, 0.15) is 32.2 Å². The number of rotatable bonds is 4. The van der Waals surface area contributed by atoms with Gasteiger partial charge in [-0.3, -0.25) is 0 Å². The van der Waals surface area contributed by atoms with Gasteiger partial charge in [-0.15, -0.1) is 0 Å². The zero-order chi connectivity index (χ0) is 15.0. The Kier molecular flexibility index (Phi) is 3.46. The third kappa shape index (κ3) is 2.54. The van der Waals surface area contributed by atoms with Crippen molar-refractivity contribution in [3.63, 3.8) is 0 Å². The molecule has 2 aromatic heterocycles. The first-order valence-corrected chi connectivity index (χ1v) is 6.87. The molecule has 1 saturated carbocycles. The first-order chi connectivity index (χ1) is 10.1. The molecular weight excluding hydrogens is 274 g/mol. The predicted octanol–water partition coefficient (Wildman–Crippen LogP) is 0.992. The molecule has 1 unspecified atom stereocenters. The maximum absolute atomic E-state index is 10.8. The molecule has 2 heterocycles. The average molecular weight is 291 g/mol. The highest BCUT2D eigenvalue weighted by atomic mass is 16.5. The van der Waals surface area contributed by atoms with Gasteiger partial charge in [0.05, 0.1) is 12.4 Å². The minimum absolute atomic E-state index is 0.0577. The minimum atomic E-state index is -0.938. The molecular formula is C13H17N5O3. The lowest BCUT2D eigenvalue weighted by atomic mass is 10.2. The van der Waals surface area contributed by atoms with E-state index in [2.05, 4.69) is 15.0 Å². The number of carbonyl (C=O) groups is 1. The van der Waals surface area contributed by atoms with Gasteiger partial charge in [-0.05, 0) is 26.2 Å². The van der Waals surface area contributed by atoms with E-state index in [1.165, 1.54) is 6.33 Å². The van der Waals surface area contributed by atoms with E-state index in [4.69, 9.17) is 15.6 Å². The number of imidazole rings is 1. The summed E-state index contributed by atoms with van der Waals surface area (Å²) >= 11 is 0. The van der Waals surface area contributed by atoms with E-state index in [0.717, 1.165) is 19.3 Å². The van der Waals surface area contributed by atoms with E-state index in [0.29, 0.717) is 17.0 Å². The van der Waals surface area contributed by atoms with Crippen molar-refractivity contribution < 1.29 is 14.6 Å². The number of carboxylic acid groups (broad SMARTS) is 1. The fraction of sp³-hybridized carbons (Fsp3) is 0.538. The minimum Gasteiger partial charge on any atom is -0.479 e. The Balaban J connectivity index is 1.76. The van der Waals surface area contributed by atoms with Gasteiger partial charge in [-0.25, -0.2) is 19.7 Å². The van der Waals surface area contributed by atoms with Crippen LogP contribution in [0.3, 0.4) is 0 Å². The summed E-state index contributed by atoms with van der Waals surface area (Å²) in [5.74, 6) is -0.573. The van der Waals surface area contributed by atoms with Crippen LogP contribution < -0.4 is 5.73 Å². The van der Waals surface area contributed by atoms with Crippen molar-refractivity contribution in [2.75, 3.05) is 5.73 Å². The number of nitrogen functional groups attached to an aromatic ring is 1. The fourth-order valence-corrected chi connectivity index (χ4v) is 2.78. The topological polar surface area (TPSA) is 116 Å². The number of aromatic nitrogens is 4. The SMILES string of the molecule is CC(O[C@H]1CC[C@@H](n2cnc3c(N)ncnc32)C1)C(=O)O. The lowest BCUT2D eigenvalue weighted by Gasteiger charge is -2.16. The normalized spacial score (nSPS) is 23.5. The van der Waals surface area contributed by atoms with Gasteiger partial charge in [0.1, 0.15) is 11.8 Å². The molecule has 8 heteroatoms. The number of aliphatic carboxylic acids is 1. The van der Waals surface area contributed by atoms with Gasteiger partial charge in [0.2, 0.25) is 0 Å². The van der Waals surface area contributed by atoms with E-state index in [9.17, 15) is 4.79 Å². The van der Waals surface area contributed by atoms with E-state index in [1.807, 2.05) is 4.57 Å². The molecule has 112 valence electrons. The molecule has 3 atom stereocenters. The monoisotopic (exact) mass is 291 g/mol. The lowest BCUT2D eigenvalue weighted by Crippen LogP contribution is -2.25. The Bertz CT molecular complexity index is 671. The fourth-order valence-electron chi connectivity index (χ4n) is 2.78. The maximum Gasteiger partial charge on any atom is 0.332 e. The van der Waals surface area contributed by atoms with Crippen LogP contribution in [0.5, 0.6) is 0 Å². The quantitative estimate of drug-likeness (QED) is 0.862. The number of hydrogen-bond donors (Lipinski definition) is 2. The molecule has 2 aromatic rings. The highest BCUT2D eigenvalue weighted by molar-refractivity contribution is 5.81. The van der Waals surface area contributed by atoms with Crippen molar-refractivity contribution in [3.8, 4) is 0 Å². The highest BCUT2D eigenvalue weighted by Crippen LogP contribution is 2.34. The third-order valence-electron chi connectivity index (χ3n) is 3.88. The van der Waals surface area contributed by atoms with Gasteiger partial charge in [0.15, 0.2) is 17.6 Å². The van der Waals surface area contributed by atoms with Crippen LogP contribution >= 0.6 is 0 Å². The zero-order valence-electron chi connectivity index (χ0n) is 11.6. The smallest absolute Gasteiger partial charge is 0.332 e. The molecule has 0 radical (unpaired) electrons. The predicted molar refractivity (Wildman–Crippen MR) is 74.6 cm³/mol. The summed E-state index contributed by atoms with van der Waals surface area (Å²) in [5.41, 5.74) is 7.08. The van der Waals surface area contributed by atoms with E-state index in [-0.39, 0.29) is 12.1 Å². The molecule has 0 aliphatic heterocycles.